The number of aromatic hydroxyl groups is 2. The van der Waals surface area contributed by atoms with Crippen LogP contribution in [-0.4, -0.2) is 16.4 Å². The second-order valence-corrected chi connectivity index (χ2v) is 3.58. The highest BCUT2D eigenvalue weighted by Gasteiger charge is 2.01. The number of hydrogen-bond donors (Lipinski definition) is 2. The summed E-state index contributed by atoms with van der Waals surface area (Å²) in [7, 11) is 0. The lowest BCUT2D eigenvalue weighted by molar-refractivity contribution is 0.474. The third-order valence-corrected chi connectivity index (χ3v) is 2.34. The molecule has 2 aromatic carbocycles. The van der Waals surface area contributed by atoms with E-state index in [0.29, 0.717) is 11.3 Å². The minimum atomic E-state index is -0.0124. The van der Waals surface area contributed by atoms with Crippen LogP contribution in [0.25, 0.3) is 0 Å². The van der Waals surface area contributed by atoms with Gasteiger partial charge in [0.1, 0.15) is 22.9 Å². The highest BCUT2D eigenvalue weighted by molar-refractivity contribution is 5.87. The summed E-state index contributed by atoms with van der Waals surface area (Å²) in [6.45, 7) is 0. The molecule has 0 spiro atoms. The van der Waals surface area contributed by atoms with Crippen molar-refractivity contribution in [2.24, 2.45) is 10.2 Å². The normalized spacial score (nSPS) is 10.7. The molecule has 0 heterocycles. The largest absolute Gasteiger partial charge is 0.507 e. The highest BCUT2D eigenvalue weighted by Crippen LogP contribution is 2.26. The molecule has 2 aromatic rings. The second-order valence-electron chi connectivity index (χ2n) is 3.58. The number of nitrogens with zero attached hydrogens (tertiary/aromatic N) is 2. The van der Waals surface area contributed by atoms with Gasteiger partial charge in [0.2, 0.25) is 0 Å². The van der Waals surface area contributed by atoms with Crippen LogP contribution in [0.15, 0.2) is 52.6 Å². The Bertz CT molecular complexity index is 609. The monoisotopic (exact) mass is 242 g/mol. The van der Waals surface area contributed by atoms with Gasteiger partial charge in [-0.1, -0.05) is 12.1 Å². The van der Waals surface area contributed by atoms with Crippen LogP contribution in [0, 0.1) is 4.91 Å². The first-order chi connectivity index (χ1) is 8.70. The first-order valence-corrected chi connectivity index (χ1v) is 5.19. The van der Waals surface area contributed by atoms with Crippen molar-refractivity contribution in [2.45, 2.75) is 0 Å². The van der Waals surface area contributed by atoms with Crippen LogP contribution in [-0.2, 0) is 0 Å². The molecule has 5 nitrogen and oxygen atoms in total. The van der Waals surface area contributed by atoms with Gasteiger partial charge in [0.15, 0.2) is 0 Å². The first-order valence-electron chi connectivity index (χ1n) is 5.19. The maximum Gasteiger partial charge on any atom is 0.141 e. The molecule has 2 N–H and O–H groups in total. The fraction of sp³-hybridized carbons (Fsp3) is 0. The summed E-state index contributed by atoms with van der Waals surface area (Å²) >= 11 is 0. The van der Waals surface area contributed by atoms with Crippen LogP contribution in [0.2, 0.25) is 0 Å². The van der Waals surface area contributed by atoms with E-state index >= 15 is 0 Å². The second kappa shape index (κ2) is 5.09. The topological polar surface area (TPSA) is 82.2 Å². The van der Waals surface area contributed by atoms with Gasteiger partial charge in [-0.25, -0.2) is 0 Å². The van der Waals surface area contributed by atoms with E-state index in [9.17, 15) is 15.1 Å². The van der Waals surface area contributed by atoms with Crippen LogP contribution < -0.4 is 0 Å². The van der Waals surface area contributed by atoms with Gasteiger partial charge in [-0.3, -0.25) is 4.99 Å². The van der Waals surface area contributed by atoms with Crippen LogP contribution in [0.5, 0.6) is 11.5 Å². The molecule has 0 saturated carbocycles. The van der Waals surface area contributed by atoms with Crippen molar-refractivity contribution in [1.82, 2.24) is 0 Å². The summed E-state index contributed by atoms with van der Waals surface area (Å²) in [6.07, 6.45) is 1.36. The Morgan fingerprint density at radius 1 is 1.00 bits per heavy atom. The zero-order valence-electron chi connectivity index (χ0n) is 9.32. The average molecular weight is 242 g/mol. The molecule has 0 aliphatic rings. The summed E-state index contributed by atoms with van der Waals surface area (Å²) in [5.74, 6) is 0.0273. The van der Waals surface area contributed by atoms with E-state index in [2.05, 4.69) is 10.2 Å². The molecule has 0 aliphatic heterocycles. The quantitative estimate of drug-likeness (QED) is 0.640. The van der Waals surface area contributed by atoms with E-state index in [0.717, 1.165) is 0 Å². The number of phenols is 2. The summed E-state index contributed by atoms with van der Waals surface area (Å²) in [5.41, 5.74) is 0.934. The van der Waals surface area contributed by atoms with Gasteiger partial charge in [-0.05, 0) is 35.5 Å². The summed E-state index contributed by atoms with van der Waals surface area (Å²) in [5, 5.41) is 21.9. The summed E-state index contributed by atoms with van der Waals surface area (Å²) in [6, 6.07) is 10.7. The van der Waals surface area contributed by atoms with Crippen LogP contribution >= 0.6 is 0 Å². The Hall–Kier alpha value is -2.69. The molecule has 0 atom stereocenters. The fourth-order valence-corrected chi connectivity index (χ4v) is 1.41. The van der Waals surface area contributed by atoms with Crippen LogP contribution in [0.3, 0.4) is 0 Å². The van der Waals surface area contributed by atoms with E-state index in [1.807, 2.05) is 0 Å². The molecular weight excluding hydrogens is 232 g/mol. The van der Waals surface area contributed by atoms with Gasteiger partial charge >= 0.3 is 0 Å². The lowest BCUT2D eigenvalue weighted by Crippen LogP contribution is -1.81. The zero-order valence-corrected chi connectivity index (χ0v) is 9.32. The van der Waals surface area contributed by atoms with E-state index in [4.69, 9.17) is 0 Å². The van der Waals surface area contributed by atoms with Crippen molar-refractivity contribution in [1.29, 1.82) is 0 Å². The maximum atomic E-state index is 10.4. The molecule has 0 aliphatic carbocycles. The molecule has 0 saturated heterocycles. The van der Waals surface area contributed by atoms with Gasteiger partial charge < -0.3 is 10.2 Å². The van der Waals surface area contributed by atoms with Gasteiger partial charge in [-0.15, -0.1) is 4.91 Å². The number of rotatable bonds is 3. The predicted molar refractivity (Wildman–Crippen MR) is 68.9 cm³/mol. The number of para-hydroxylation sites is 2. The van der Waals surface area contributed by atoms with Crippen molar-refractivity contribution in [3.8, 4) is 11.5 Å². The van der Waals surface area contributed by atoms with Crippen molar-refractivity contribution in [3.63, 3.8) is 0 Å². The average Bonchev–Trinajstić information content (AvgIpc) is 2.39. The standard InChI is InChI=1S/C13H10N2O3/c16-12-6-5-10(15-18)7-9(12)8-14-11-3-1-2-4-13(11)17/h1-8,16-17H. The van der Waals surface area contributed by atoms with Crippen molar-refractivity contribution >= 4 is 17.6 Å². The van der Waals surface area contributed by atoms with E-state index in [1.54, 1.807) is 18.2 Å². The first kappa shape index (κ1) is 11.8. The third-order valence-electron chi connectivity index (χ3n) is 2.34. The number of benzene rings is 2. The summed E-state index contributed by atoms with van der Waals surface area (Å²) < 4.78 is 0. The minimum absolute atomic E-state index is 0.0124. The zero-order chi connectivity index (χ0) is 13.0. The predicted octanol–water partition coefficient (Wildman–Crippen LogP) is 3.25. The number of phenolic OH excluding ortho intramolecular Hbond substituents is 2. The SMILES string of the molecule is O=Nc1ccc(O)c(C=Nc2ccccc2O)c1. The number of aliphatic imine (C=N–C) groups is 1. The molecule has 0 unspecified atom stereocenters. The number of nitroso groups, excluding NO2 is 1. The molecule has 0 bridgehead atoms. The van der Waals surface area contributed by atoms with Gasteiger partial charge in [0, 0.05) is 11.8 Å². The molecule has 0 radical (unpaired) electrons. The molecule has 0 aromatic heterocycles. The van der Waals surface area contributed by atoms with Crippen LogP contribution in [0.4, 0.5) is 11.4 Å². The molecule has 5 heteroatoms. The Kier molecular flexibility index (Phi) is 3.33. The smallest absolute Gasteiger partial charge is 0.141 e. The lowest BCUT2D eigenvalue weighted by Gasteiger charge is -2.00. The molecule has 0 fully saturated rings. The molecule has 18 heavy (non-hydrogen) atoms. The molecule has 90 valence electrons. The van der Waals surface area contributed by atoms with Gasteiger partial charge in [0.25, 0.3) is 0 Å². The third kappa shape index (κ3) is 2.52. The van der Waals surface area contributed by atoms with Crippen LogP contribution in [0.1, 0.15) is 5.56 Å². The van der Waals surface area contributed by atoms with E-state index in [-0.39, 0.29) is 17.2 Å². The van der Waals surface area contributed by atoms with Gasteiger partial charge in [-0.2, -0.15) is 0 Å². The Morgan fingerprint density at radius 3 is 2.50 bits per heavy atom. The van der Waals surface area contributed by atoms with E-state index < -0.39 is 0 Å². The van der Waals surface area contributed by atoms with Crippen molar-refractivity contribution < 1.29 is 10.2 Å². The molecular formula is C13H10N2O3. The van der Waals surface area contributed by atoms with Gasteiger partial charge in [0.05, 0.1) is 0 Å². The van der Waals surface area contributed by atoms with E-state index in [1.165, 1.54) is 30.5 Å². The fourth-order valence-electron chi connectivity index (χ4n) is 1.41. The lowest BCUT2D eigenvalue weighted by atomic mass is 10.2. The van der Waals surface area contributed by atoms with Crippen molar-refractivity contribution in [2.75, 3.05) is 0 Å². The molecule has 2 rings (SSSR count). The Balaban J connectivity index is 2.34. The molecule has 0 amide bonds. The highest BCUT2D eigenvalue weighted by atomic mass is 16.3. The summed E-state index contributed by atoms with van der Waals surface area (Å²) in [4.78, 5) is 14.4. The Labute approximate surface area is 103 Å². The van der Waals surface area contributed by atoms with Crippen molar-refractivity contribution in [3.05, 3.63) is 52.9 Å². The maximum absolute atomic E-state index is 10.4. The minimum Gasteiger partial charge on any atom is -0.507 e. The number of hydrogen-bond acceptors (Lipinski definition) is 5. The Morgan fingerprint density at radius 2 is 1.78 bits per heavy atom.